The molecule has 3 aliphatic carbocycles. The number of phenolic OH excluding ortho intramolecular Hbond substituents is 2. The number of allylic oxidation sites excluding steroid dienone is 2. The molecule has 3 aliphatic rings. The summed E-state index contributed by atoms with van der Waals surface area (Å²) in [6.07, 6.45) is 11.8. The van der Waals surface area contributed by atoms with Crippen LogP contribution in [-0.2, 0) is 6.42 Å². The predicted molar refractivity (Wildman–Crippen MR) is 199 cm³/mol. The van der Waals surface area contributed by atoms with Gasteiger partial charge in [0.2, 0.25) is 5.78 Å². The van der Waals surface area contributed by atoms with Gasteiger partial charge < -0.3 is 20.8 Å². The third-order valence-electron chi connectivity index (χ3n) is 10.2. The van der Waals surface area contributed by atoms with Crippen molar-refractivity contribution in [2.45, 2.75) is 70.6 Å². The van der Waals surface area contributed by atoms with Crippen LogP contribution < -0.4 is 10.6 Å². The van der Waals surface area contributed by atoms with Gasteiger partial charge in [-0.2, -0.15) is 0 Å². The highest BCUT2D eigenvalue weighted by Gasteiger charge is 2.35. The van der Waals surface area contributed by atoms with Gasteiger partial charge in [-0.25, -0.2) is 0 Å². The van der Waals surface area contributed by atoms with Crippen molar-refractivity contribution in [1.82, 2.24) is 10.3 Å². The van der Waals surface area contributed by atoms with Gasteiger partial charge in [-0.15, -0.1) is 12.4 Å². The number of ketones is 2. The Labute approximate surface area is 302 Å². The summed E-state index contributed by atoms with van der Waals surface area (Å²) >= 11 is 6.35. The molecule has 0 saturated heterocycles. The maximum Gasteiger partial charge on any atom is 0.251 e. The Morgan fingerprint density at radius 2 is 1.62 bits per heavy atom. The number of unbranched alkanes of at least 4 members (excludes halogenated alkanes) is 5. The van der Waals surface area contributed by atoms with E-state index in [9.17, 15) is 24.6 Å². The highest BCUT2D eigenvalue weighted by atomic mass is 35.5. The number of benzene rings is 3. The number of anilines is 1. The first kappa shape index (κ1) is 35.4. The Morgan fingerprint density at radius 3 is 2.42 bits per heavy atom. The molecule has 4 N–H and O–H groups in total. The fraction of sp³-hybridized carbons (Fsp3) is 0.350. The monoisotopic (exact) mass is 713 g/mol. The molecular formula is C40H41Cl2N3O5. The summed E-state index contributed by atoms with van der Waals surface area (Å²) in [5.41, 5.74) is 6.08. The molecule has 1 amide bonds. The normalized spacial score (nSPS) is 17.3. The number of halogens is 2. The molecule has 2 unspecified atom stereocenters. The number of aromatic hydroxyl groups is 2. The van der Waals surface area contributed by atoms with E-state index in [0.717, 1.165) is 68.8 Å². The van der Waals surface area contributed by atoms with Gasteiger partial charge in [-0.3, -0.25) is 19.4 Å². The van der Waals surface area contributed by atoms with Crippen LogP contribution in [0.25, 0.3) is 10.9 Å². The minimum atomic E-state index is -0.645. The molecule has 8 nitrogen and oxygen atoms in total. The molecule has 2 bridgehead atoms. The van der Waals surface area contributed by atoms with Crippen LogP contribution in [0, 0.1) is 5.92 Å². The Balaban J connectivity index is 0.00000432. The largest absolute Gasteiger partial charge is 0.507 e. The van der Waals surface area contributed by atoms with Crippen molar-refractivity contribution < 1.29 is 24.6 Å². The summed E-state index contributed by atoms with van der Waals surface area (Å²) in [5, 5.41) is 29.3. The molecule has 4 aromatic rings. The number of fused-ring (bicyclic) bond motifs is 7. The van der Waals surface area contributed by atoms with E-state index in [1.54, 1.807) is 0 Å². The topological polar surface area (TPSA) is 129 Å². The van der Waals surface area contributed by atoms with E-state index in [-0.39, 0.29) is 46.0 Å². The lowest BCUT2D eigenvalue weighted by molar-refractivity contribution is 0.0948. The molecule has 0 saturated carbocycles. The average Bonchev–Trinajstić information content (AvgIpc) is 3.06. The molecule has 7 rings (SSSR count). The average molecular weight is 715 g/mol. The molecule has 260 valence electrons. The molecule has 1 aromatic heterocycles. The SMILES string of the molecule is CC1=CC2Cc3nc4cc(Cl)ccc4c(NCCCCCCCCNC(=O)c4cc(O)c5c(c4)C(=O)c4cccc(O)c4C5=O)c3C(C1)C2.Cl. The van der Waals surface area contributed by atoms with E-state index in [1.165, 1.54) is 59.3 Å². The molecule has 0 aliphatic heterocycles. The van der Waals surface area contributed by atoms with Crippen molar-refractivity contribution in [1.29, 1.82) is 0 Å². The van der Waals surface area contributed by atoms with E-state index in [0.29, 0.717) is 23.4 Å². The zero-order chi connectivity index (χ0) is 34.2. The van der Waals surface area contributed by atoms with Crippen LogP contribution in [0.15, 0.2) is 60.2 Å². The Hall–Kier alpha value is -4.40. The van der Waals surface area contributed by atoms with Crippen LogP contribution >= 0.6 is 24.0 Å². The lowest BCUT2D eigenvalue weighted by Gasteiger charge is -2.36. The number of phenols is 2. The molecule has 0 fully saturated rings. The van der Waals surface area contributed by atoms with Crippen molar-refractivity contribution >= 4 is 58.1 Å². The summed E-state index contributed by atoms with van der Waals surface area (Å²) in [7, 11) is 0. The molecule has 2 atom stereocenters. The van der Waals surface area contributed by atoms with Crippen molar-refractivity contribution in [3.8, 4) is 11.5 Å². The van der Waals surface area contributed by atoms with Crippen molar-refractivity contribution in [3.05, 3.63) is 104 Å². The number of carbonyl (C=O) groups excluding carboxylic acids is 3. The van der Waals surface area contributed by atoms with Gasteiger partial charge in [0.15, 0.2) is 5.78 Å². The second-order valence-electron chi connectivity index (χ2n) is 13.7. The predicted octanol–water partition coefficient (Wildman–Crippen LogP) is 8.68. The van der Waals surface area contributed by atoms with E-state index in [1.807, 2.05) is 12.1 Å². The lowest BCUT2D eigenvalue weighted by atomic mass is 9.71. The Bertz CT molecular complexity index is 2040. The fourth-order valence-electron chi connectivity index (χ4n) is 7.96. The van der Waals surface area contributed by atoms with E-state index >= 15 is 0 Å². The first-order valence-electron chi connectivity index (χ1n) is 17.3. The molecule has 0 spiro atoms. The molecular weight excluding hydrogens is 673 g/mol. The Kier molecular flexibility index (Phi) is 10.5. The number of aromatic nitrogens is 1. The van der Waals surface area contributed by atoms with Gasteiger partial charge >= 0.3 is 0 Å². The minimum Gasteiger partial charge on any atom is -0.507 e. The third-order valence-corrected chi connectivity index (χ3v) is 10.4. The van der Waals surface area contributed by atoms with Crippen molar-refractivity contribution in [3.63, 3.8) is 0 Å². The number of nitrogens with one attached hydrogen (secondary N) is 2. The summed E-state index contributed by atoms with van der Waals surface area (Å²) in [4.78, 5) is 44.0. The van der Waals surface area contributed by atoms with Crippen LogP contribution in [0.1, 0.15) is 118 Å². The number of amides is 1. The number of hydrogen-bond acceptors (Lipinski definition) is 7. The summed E-state index contributed by atoms with van der Waals surface area (Å²) < 4.78 is 0. The van der Waals surface area contributed by atoms with Gasteiger partial charge in [0.1, 0.15) is 11.5 Å². The van der Waals surface area contributed by atoms with Gasteiger partial charge in [0.05, 0.1) is 16.6 Å². The fourth-order valence-corrected chi connectivity index (χ4v) is 8.13. The molecule has 3 aromatic carbocycles. The summed E-state index contributed by atoms with van der Waals surface area (Å²) in [6.45, 7) is 3.60. The van der Waals surface area contributed by atoms with Gasteiger partial charge in [0, 0.05) is 57.1 Å². The van der Waals surface area contributed by atoms with Crippen molar-refractivity contribution in [2.75, 3.05) is 18.4 Å². The number of hydrogen-bond donors (Lipinski definition) is 4. The summed E-state index contributed by atoms with van der Waals surface area (Å²) in [6, 6.07) is 12.8. The number of pyridine rings is 1. The zero-order valence-electron chi connectivity index (χ0n) is 28.0. The first-order valence-corrected chi connectivity index (χ1v) is 17.7. The number of rotatable bonds is 11. The maximum atomic E-state index is 13.1. The van der Waals surface area contributed by atoms with Crippen LogP contribution in [0.3, 0.4) is 0 Å². The molecule has 1 heterocycles. The van der Waals surface area contributed by atoms with Crippen LogP contribution in [0.5, 0.6) is 11.5 Å². The quantitative estimate of drug-likeness (QED) is 0.0796. The number of nitrogens with zero attached hydrogens (tertiary/aromatic N) is 1. The van der Waals surface area contributed by atoms with E-state index in [2.05, 4.69) is 29.7 Å². The zero-order valence-corrected chi connectivity index (χ0v) is 29.6. The molecule has 10 heteroatoms. The van der Waals surface area contributed by atoms with Gasteiger partial charge in [-0.05, 0) is 87.3 Å². The smallest absolute Gasteiger partial charge is 0.251 e. The van der Waals surface area contributed by atoms with Gasteiger partial charge in [0.25, 0.3) is 5.91 Å². The second-order valence-corrected chi connectivity index (χ2v) is 14.1. The number of carbonyl (C=O) groups is 3. The summed E-state index contributed by atoms with van der Waals surface area (Å²) in [5.74, 6) is -1.29. The molecule has 0 radical (unpaired) electrons. The van der Waals surface area contributed by atoms with Gasteiger partial charge in [-0.1, -0.05) is 61.1 Å². The lowest BCUT2D eigenvalue weighted by Crippen LogP contribution is -2.26. The maximum absolute atomic E-state index is 13.1. The van der Waals surface area contributed by atoms with Crippen molar-refractivity contribution in [2.24, 2.45) is 5.92 Å². The Morgan fingerprint density at radius 1 is 0.880 bits per heavy atom. The second kappa shape index (κ2) is 14.8. The minimum absolute atomic E-state index is 0. The molecule has 50 heavy (non-hydrogen) atoms. The van der Waals surface area contributed by atoms with Crippen LogP contribution in [0.2, 0.25) is 5.02 Å². The van der Waals surface area contributed by atoms with E-state index in [4.69, 9.17) is 16.6 Å². The highest BCUT2D eigenvalue weighted by molar-refractivity contribution is 6.31. The van der Waals surface area contributed by atoms with E-state index < -0.39 is 23.2 Å². The first-order chi connectivity index (χ1) is 23.7. The highest BCUT2D eigenvalue weighted by Crippen LogP contribution is 2.47. The third kappa shape index (κ3) is 6.83. The standard InChI is InChI=1S/C40H40ClN3O5.ClH/c1-22-15-23-17-24(16-22)34-31(18-23)44-30-21-26(41)11-12-27(30)37(34)42-13-6-4-2-3-5-7-14-43-40(49)25-19-29-36(33(46)20-25)39(48)35-28(38(29)47)9-8-10-32(35)45;/h8-12,15,19-21,23-24,45-46H,2-7,13-14,16-18H2,1H3,(H,42,44)(H,43,49);1H. The van der Waals surface area contributed by atoms with Crippen LogP contribution in [0.4, 0.5) is 5.69 Å². The van der Waals surface area contributed by atoms with Crippen LogP contribution in [-0.4, -0.2) is 45.8 Å².